The fourth-order valence-corrected chi connectivity index (χ4v) is 1.21. The molecule has 0 saturated carbocycles. The number of likely N-dealkylation sites (N-methyl/N-ethyl adjacent to an activating group) is 1. The van der Waals surface area contributed by atoms with E-state index < -0.39 is 0 Å². The summed E-state index contributed by atoms with van der Waals surface area (Å²) in [4.78, 5) is 13.1. The van der Waals surface area contributed by atoms with Gasteiger partial charge in [0, 0.05) is 19.7 Å². The molecule has 2 heteroatoms. The minimum absolute atomic E-state index is 0.0499. The molecule has 1 amide bonds. The molecule has 0 heterocycles. The van der Waals surface area contributed by atoms with Gasteiger partial charge in [-0.25, -0.2) is 0 Å². The van der Waals surface area contributed by atoms with E-state index in [9.17, 15) is 4.79 Å². The first-order valence-electron chi connectivity index (χ1n) is 4.56. The quantitative estimate of drug-likeness (QED) is 0.653. The van der Waals surface area contributed by atoms with Crippen LogP contribution in [0.4, 0.5) is 0 Å². The molecule has 0 spiro atoms. The number of carbonyl (C=O) groups excluding carboxylic acids is 1. The average Bonchev–Trinajstić information content (AvgIpc) is 2.18. The highest BCUT2D eigenvalue weighted by molar-refractivity contribution is 5.96. The first kappa shape index (κ1) is 10.5. The normalized spacial score (nSPS) is 11.2. The maximum atomic E-state index is 11.5. The van der Waals surface area contributed by atoms with Crippen LogP contribution in [0.3, 0.4) is 0 Å². The molecule has 0 aromatic heterocycles. The van der Waals surface area contributed by atoms with Gasteiger partial charge in [-0.2, -0.15) is 0 Å². The van der Waals surface area contributed by atoms with E-state index in [-0.39, 0.29) is 5.91 Å². The molecule has 1 rings (SSSR count). The van der Waals surface area contributed by atoms with Crippen molar-refractivity contribution in [2.24, 2.45) is 0 Å². The highest BCUT2D eigenvalue weighted by Crippen LogP contribution is 2.07. The van der Waals surface area contributed by atoms with Crippen LogP contribution >= 0.6 is 0 Å². The second kappa shape index (κ2) is 4.61. The zero-order chi connectivity index (χ0) is 10.6. The molecule has 0 atom stereocenters. The van der Waals surface area contributed by atoms with Gasteiger partial charge in [0.15, 0.2) is 0 Å². The molecule has 0 N–H and O–H groups in total. The Morgan fingerprint density at radius 2 is 1.79 bits per heavy atom. The van der Waals surface area contributed by atoms with Crippen molar-refractivity contribution in [3.05, 3.63) is 41.5 Å². The Kier molecular flexibility index (Phi) is 3.46. The first-order chi connectivity index (χ1) is 6.61. The third-order valence-corrected chi connectivity index (χ3v) is 1.93. The lowest BCUT2D eigenvalue weighted by atomic mass is 10.1. The lowest BCUT2D eigenvalue weighted by molar-refractivity contribution is -0.124. The summed E-state index contributed by atoms with van der Waals surface area (Å²) in [6, 6.07) is 9.83. The summed E-state index contributed by atoms with van der Waals surface area (Å²) in [7, 11) is 3.51. The molecular weight excluding hydrogens is 174 g/mol. The monoisotopic (exact) mass is 189 g/mol. The molecule has 0 aliphatic rings. The third kappa shape index (κ3) is 2.73. The molecule has 0 radical (unpaired) electrons. The minimum atomic E-state index is 0.0499. The molecule has 2 nitrogen and oxygen atoms in total. The molecule has 0 unspecified atom stereocenters. The van der Waals surface area contributed by atoms with E-state index in [2.05, 4.69) is 0 Å². The number of hydrogen-bond acceptors (Lipinski definition) is 1. The van der Waals surface area contributed by atoms with Crippen molar-refractivity contribution in [2.75, 3.05) is 14.1 Å². The van der Waals surface area contributed by atoms with Gasteiger partial charge in [0.25, 0.3) is 0 Å². The topological polar surface area (TPSA) is 20.3 Å². The smallest absolute Gasteiger partial charge is 0.248 e. The summed E-state index contributed by atoms with van der Waals surface area (Å²) >= 11 is 0. The molecule has 0 fully saturated rings. The second-order valence-electron chi connectivity index (χ2n) is 3.44. The van der Waals surface area contributed by atoms with Crippen molar-refractivity contribution in [1.82, 2.24) is 4.90 Å². The van der Waals surface area contributed by atoms with Crippen LogP contribution in [0.5, 0.6) is 0 Å². The Balaban J connectivity index is 2.84. The Morgan fingerprint density at radius 3 is 2.29 bits per heavy atom. The van der Waals surface area contributed by atoms with Crippen LogP contribution in [0.25, 0.3) is 6.08 Å². The summed E-state index contributed by atoms with van der Waals surface area (Å²) in [5, 5.41) is 0. The SMILES string of the molecule is C/C(=C/c1ccccc1)C(=O)N(C)C. The lowest BCUT2D eigenvalue weighted by Gasteiger charge is -2.09. The molecule has 0 saturated heterocycles. The number of hydrogen-bond donors (Lipinski definition) is 0. The summed E-state index contributed by atoms with van der Waals surface area (Å²) in [6.45, 7) is 1.83. The fourth-order valence-electron chi connectivity index (χ4n) is 1.21. The summed E-state index contributed by atoms with van der Waals surface area (Å²) in [5.41, 5.74) is 1.81. The van der Waals surface area contributed by atoms with E-state index in [0.717, 1.165) is 11.1 Å². The highest BCUT2D eigenvalue weighted by atomic mass is 16.2. The van der Waals surface area contributed by atoms with Gasteiger partial charge in [-0.3, -0.25) is 4.79 Å². The van der Waals surface area contributed by atoms with Gasteiger partial charge >= 0.3 is 0 Å². The largest absolute Gasteiger partial charge is 0.345 e. The zero-order valence-electron chi connectivity index (χ0n) is 8.82. The van der Waals surface area contributed by atoms with Crippen molar-refractivity contribution < 1.29 is 4.79 Å². The molecule has 74 valence electrons. The van der Waals surface area contributed by atoms with Crippen LogP contribution in [-0.4, -0.2) is 24.9 Å². The van der Waals surface area contributed by atoms with Crippen molar-refractivity contribution in [1.29, 1.82) is 0 Å². The number of carbonyl (C=O) groups is 1. The highest BCUT2D eigenvalue weighted by Gasteiger charge is 2.05. The minimum Gasteiger partial charge on any atom is -0.345 e. The molecule has 14 heavy (non-hydrogen) atoms. The molecule has 1 aromatic rings. The first-order valence-corrected chi connectivity index (χ1v) is 4.56. The van der Waals surface area contributed by atoms with Gasteiger partial charge in [-0.05, 0) is 18.6 Å². The van der Waals surface area contributed by atoms with Gasteiger partial charge in [-0.15, -0.1) is 0 Å². The lowest BCUT2D eigenvalue weighted by Crippen LogP contribution is -2.22. The number of nitrogens with zero attached hydrogens (tertiary/aromatic N) is 1. The predicted octanol–water partition coefficient (Wildman–Crippen LogP) is 2.18. The Morgan fingerprint density at radius 1 is 1.21 bits per heavy atom. The summed E-state index contributed by atoms with van der Waals surface area (Å²) < 4.78 is 0. The van der Waals surface area contributed by atoms with Crippen LogP contribution in [-0.2, 0) is 4.79 Å². The van der Waals surface area contributed by atoms with E-state index >= 15 is 0 Å². The van der Waals surface area contributed by atoms with E-state index in [1.54, 1.807) is 19.0 Å². The van der Waals surface area contributed by atoms with E-state index in [4.69, 9.17) is 0 Å². The predicted molar refractivity (Wildman–Crippen MR) is 58.8 cm³/mol. The second-order valence-corrected chi connectivity index (χ2v) is 3.44. The van der Waals surface area contributed by atoms with Crippen molar-refractivity contribution in [3.8, 4) is 0 Å². The van der Waals surface area contributed by atoms with Crippen molar-refractivity contribution in [3.63, 3.8) is 0 Å². The van der Waals surface area contributed by atoms with E-state index in [1.165, 1.54) is 0 Å². The van der Waals surface area contributed by atoms with E-state index in [1.807, 2.05) is 43.3 Å². The maximum absolute atomic E-state index is 11.5. The van der Waals surface area contributed by atoms with Crippen LogP contribution in [0.1, 0.15) is 12.5 Å². The van der Waals surface area contributed by atoms with Crippen LogP contribution in [0.15, 0.2) is 35.9 Å². The van der Waals surface area contributed by atoms with Crippen LogP contribution < -0.4 is 0 Å². The number of amides is 1. The Hall–Kier alpha value is -1.57. The van der Waals surface area contributed by atoms with Gasteiger partial charge in [0.2, 0.25) is 5.91 Å². The van der Waals surface area contributed by atoms with Gasteiger partial charge in [0.05, 0.1) is 0 Å². The molecule has 0 aliphatic carbocycles. The summed E-state index contributed by atoms with van der Waals surface area (Å²) in [5.74, 6) is 0.0499. The van der Waals surface area contributed by atoms with Gasteiger partial charge in [0.1, 0.15) is 0 Å². The fraction of sp³-hybridized carbons (Fsp3) is 0.250. The van der Waals surface area contributed by atoms with Gasteiger partial charge < -0.3 is 4.90 Å². The molecule has 1 aromatic carbocycles. The number of rotatable bonds is 2. The third-order valence-electron chi connectivity index (χ3n) is 1.93. The van der Waals surface area contributed by atoms with Crippen LogP contribution in [0, 0.1) is 0 Å². The Labute approximate surface area is 84.9 Å². The standard InChI is InChI=1S/C12H15NO/c1-10(12(14)13(2)3)9-11-7-5-4-6-8-11/h4-9H,1-3H3/b10-9-. The van der Waals surface area contributed by atoms with Crippen molar-refractivity contribution >= 4 is 12.0 Å². The van der Waals surface area contributed by atoms with Crippen molar-refractivity contribution in [2.45, 2.75) is 6.92 Å². The van der Waals surface area contributed by atoms with E-state index in [0.29, 0.717) is 0 Å². The van der Waals surface area contributed by atoms with Gasteiger partial charge in [-0.1, -0.05) is 30.3 Å². The molecule has 0 bridgehead atoms. The maximum Gasteiger partial charge on any atom is 0.248 e. The zero-order valence-corrected chi connectivity index (χ0v) is 8.82. The van der Waals surface area contributed by atoms with Crippen LogP contribution in [0.2, 0.25) is 0 Å². The number of benzene rings is 1. The molecule has 0 aliphatic heterocycles. The average molecular weight is 189 g/mol. The Bertz CT molecular complexity index is 339. The summed E-state index contributed by atoms with van der Waals surface area (Å²) in [6.07, 6.45) is 1.89. The molecular formula is C12H15NO.